The Morgan fingerprint density at radius 2 is 1.89 bits per heavy atom. The predicted octanol–water partition coefficient (Wildman–Crippen LogP) is 4.32. The van der Waals surface area contributed by atoms with Crippen molar-refractivity contribution in [1.29, 1.82) is 0 Å². The average Bonchev–Trinajstić information content (AvgIpc) is 2.56. The van der Waals surface area contributed by atoms with Crippen LogP contribution in [-0.4, -0.2) is 40.7 Å². The molecule has 0 saturated carbocycles. The summed E-state index contributed by atoms with van der Waals surface area (Å²) in [7, 11) is 0. The quantitative estimate of drug-likeness (QED) is 0.550. The summed E-state index contributed by atoms with van der Waals surface area (Å²) in [6, 6.07) is 7.97. The van der Waals surface area contributed by atoms with Crippen LogP contribution in [0.3, 0.4) is 0 Å². The molecule has 4 nitrogen and oxygen atoms in total. The van der Waals surface area contributed by atoms with Crippen molar-refractivity contribution in [3.63, 3.8) is 0 Å². The summed E-state index contributed by atoms with van der Waals surface area (Å²) in [6.07, 6.45) is -4.07. The van der Waals surface area contributed by atoms with E-state index in [0.717, 1.165) is 12.1 Å². The van der Waals surface area contributed by atoms with Gasteiger partial charge < -0.3 is 9.64 Å². The van der Waals surface area contributed by atoms with Gasteiger partial charge in [0.15, 0.2) is 0 Å². The van der Waals surface area contributed by atoms with Crippen LogP contribution >= 0.6 is 11.8 Å². The second-order valence-electron chi connectivity index (χ2n) is 5.68. The first-order chi connectivity index (χ1) is 12.8. The lowest BCUT2D eigenvalue weighted by Gasteiger charge is -2.39. The summed E-state index contributed by atoms with van der Waals surface area (Å²) in [5, 5.41) is 0. The third kappa shape index (κ3) is 4.49. The number of nitrogens with zero attached hydrogens (tertiary/aromatic N) is 2. The molecule has 27 heavy (non-hydrogen) atoms. The summed E-state index contributed by atoms with van der Waals surface area (Å²) in [5.41, 5.74) is -0.872. The van der Waals surface area contributed by atoms with Crippen molar-refractivity contribution in [3.8, 4) is 5.88 Å². The van der Waals surface area contributed by atoms with E-state index < -0.39 is 35.4 Å². The first kappa shape index (κ1) is 19.4. The van der Waals surface area contributed by atoms with Gasteiger partial charge in [-0.05, 0) is 24.3 Å². The molecule has 1 saturated heterocycles. The van der Waals surface area contributed by atoms with E-state index in [0.29, 0.717) is 0 Å². The molecule has 1 aromatic carbocycles. The Morgan fingerprint density at radius 3 is 2.56 bits per heavy atom. The summed E-state index contributed by atoms with van der Waals surface area (Å²) in [5.74, 6) is -3.69. The molecule has 1 amide bonds. The molecule has 3 rings (SSSR count). The zero-order valence-electron chi connectivity index (χ0n) is 13.6. The maximum absolute atomic E-state index is 12.9. The smallest absolute Gasteiger partial charge is 0.421 e. The number of aromatic nitrogens is 1. The van der Waals surface area contributed by atoms with Crippen LogP contribution in [0.4, 0.5) is 22.0 Å². The lowest BCUT2D eigenvalue weighted by molar-refractivity contribution is -0.140. The van der Waals surface area contributed by atoms with Gasteiger partial charge in [0.2, 0.25) is 5.88 Å². The van der Waals surface area contributed by atoms with E-state index in [4.69, 9.17) is 4.74 Å². The Morgan fingerprint density at radius 1 is 1.19 bits per heavy atom. The molecule has 0 spiro atoms. The van der Waals surface area contributed by atoms with E-state index in [9.17, 15) is 26.7 Å². The minimum Gasteiger partial charge on any atom is -0.470 e. The van der Waals surface area contributed by atoms with Gasteiger partial charge in [-0.15, -0.1) is 0 Å². The molecule has 0 unspecified atom stereocenters. The third-order valence-corrected chi connectivity index (χ3v) is 4.61. The van der Waals surface area contributed by atoms with Gasteiger partial charge in [0.05, 0.1) is 18.7 Å². The number of rotatable bonds is 5. The van der Waals surface area contributed by atoms with Gasteiger partial charge >= 0.3 is 6.18 Å². The molecule has 0 radical (unpaired) electrons. The highest BCUT2D eigenvalue weighted by atomic mass is 32.2. The SMILES string of the molecule is O=C(c1ccccc1SC(F)F)N1CC(Oc2ncccc2C(F)(F)F)C1. The molecule has 0 N–H and O–H groups in total. The van der Waals surface area contributed by atoms with E-state index in [-0.39, 0.29) is 35.3 Å². The van der Waals surface area contributed by atoms with E-state index in [1.807, 2.05) is 0 Å². The Bertz CT molecular complexity index is 825. The number of pyridine rings is 1. The summed E-state index contributed by atoms with van der Waals surface area (Å²) in [6.45, 7) is 0.0841. The van der Waals surface area contributed by atoms with Crippen LogP contribution in [0.2, 0.25) is 0 Å². The number of halogens is 5. The van der Waals surface area contributed by atoms with Gasteiger partial charge in [0.1, 0.15) is 11.7 Å². The molecule has 2 heterocycles. The molecule has 2 aromatic rings. The van der Waals surface area contributed by atoms with E-state index >= 15 is 0 Å². The normalized spacial score (nSPS) is 15.0. The molecular formula is C17H13F5N2O2S. The van der Waals surface area contributed by atoms with Gasteiger partial charge in [0.25, 0.3) is 11.7 Å². The van der Waals surface area contributed by atoms with Crippen molar-refractivity contribution in [1.82, 2.24) is 9.88 Å². The molecule has 10 heteroatoms. The van der Waals surface area contributed by atoms with Gasteiger partial charge in [-0.25, -0.2) is 4.98 Å². The first-order valence-corrected chi connectivity index (χ1v) is 8.65. The summed E-state index contributed by atoms with van der Waals surface area (Å²) < 4.78 is 69.3. The number of likely N-dealkylation sites (tertiary alicyclic amines) is 1. The Kier molecular flexibility index (Phi) is 5.54. The predicted molar refractivity (Wildman–Crippen MR) is 87.9 cm³/mol. The Labute approximate surface area is 155 Å². The number of alkyl halides is 5. The van der Waals surface area contributed by atoms with Crippen LogP contribution in [0.25, 0.3) is 0 Å². The minimum atomic E-state index is -4.60. The Balaban J connectivity index is 1.65. The van der Waals surface area contributed by atoms with Crippen LogP contribution in [0, 0.1) is 0 Å². The van der Waals surface area contributed by atoms with Crippen molar-refractivity contribution in [2.75, 3.05) is 13.1 Å². The van der Waals surface area contributed by atoms with Crippen LogP contribution < -0.4 is 4.74 Å². The van der Waals surface area contributed by atoms with Crippen molar-refractivity contribution in [3.05, 3.63) is 53.7 Å². The maximum Gasteiger partial charge on any atom is 0.421 e. The molecule has 144 valence electrons. The first-order valence-electron chi connectivity index (χ1n) is 7.77. The minimum absolute atomic E-state index is 0.0420. The largest absolute Gasteiger partial charge is 0.470 e. The highest BCUT2D eigenvalue weighted by molar-refractivity contribution is 7.99. The van der Waals surface area contributed by atoms with Crippen LogP contribution in [-0.2, 0) is 6.18 Å². The van der Waals surface area contributed by atoms with Crippen molar-refractivity contribution in [2.24, 2.45) is 0 Å². The fourth-order valence-electron chi connectivity index (χ4n) is 2.55. The van der Waals surface area contributed by atoms with Crippen LogP contribution in [0.5, 0.6) is 5.88 Å². The second-order valence-corrected chi connectivity index (χ2v) is 6.71. The number of hydrogen-bond donors (Lipinski definition) is 0. The van der Waals surface area contributed by atoms with E-state index in [1.54, 1.807) is 12.1 Å². The topological polar surface area (TPSA) is 42.4 Å². The number of amides is 1. The number of hydrogen-bond acceptors (Lipinski definition) is 4. The van der Waals surface area contributed by atoms with Crippen molar-refractivity contribution < 1.29 is 31.5 Å². The van der Waals surface area contributed by atoms with Gasteiger partial charge in [-0.2, -0.15) is 22.0 Å². The lowest BCUT2D eigenvalue weighted by Crippen LogP contribution is -2.56. The number of thioether (sulfide) groups is 1. The molecule has 0 bridgehead atoms. The summed E-state index contributed by atoms with van der Waals surface area (Å²) >= 11 is 0.266. The number of carbonyl (C=O) groups is 1. The zero-order valence-corrected chi connectivity index (χ0v) is 14.4. The van der Waals surface area contributed by atoms with Gasteiger partial charge in [-0.1, -0.05) is 23.9 Å². The van der Waals surface area contributed by atoms with Crippen LogP contribution in [0.1, 0.15) is 15.9 Å². The number of ether oxygens (including phenoxy) is 1. The molecular weight excluding hydrogens is 391 g/mol. The lowest BCUT2D eigenvalue weighted by atomic mass is 10.1. The van der Waals surface area contributed by atoms with Crippen molar-refractivity contribution >= 4 is 17.7 Å². The molecule has 1 aliphatic rings. The second kappa shape index (κ2) is 7.71. The van der Waals surface area contributed by atoms with Crippen LogP contribution in [0.15, 0.2) is 47.5 Å². The fourth-order valence-corrected chi connectivity index (χ4v) is 3.18. The number of carbonyl (C=O) groups excluding carboxylic acids is 1. The van der Waals surface area contributed by atoms with Crippen molar-refractivity contribution in [2.45, 2.75) is 22.9 Å². The average molecular weight is 404 g/mol. The zero-order chi connectivity index (χ0) is 19.6. The van der Waals surface area contributed by atoms with E-state index in [2.05, 4.69) is 4.98 Å². The molecule has 1 fully saturated rings. The monoisotopic (exact) mass is 404 g/mol. The molecule has 1 aromatic heterocycles. The standard InChI is InChI=1S/C17H13F5N2O2S/c18-16(19)27-13-6-2-1-4-11(13)15(25)24-8-10(9-24)26-14-12(17(20,21)22)5-3-7-23-14/h1-7,10,16H,8-9H2. The van der Waals surface area contributed by atoms with E-state index in [1.165, 1.54) is 23.2 Å². The number of benzene rings is 1. The molecule has 0 aliphatic carbocycles. The van der Waals surface area contributed by atoms with Gasteiger partial charge in [-0.3, -0.25) is 4.79 Å². The molecule has 1 aliphatic heterocycles. The third-order valence-electron chi connectivity index (χ3n) is 3.82. The highest BCUT2D eigenvalue weighted by Crippen LogP contribution is 2.36. The maximum atomic E-state index is 12.9. The fraction of sp³-hybridized carbons (Fsp3) is 0.294. The highest BCUT2D eigenvalue weighted by Gasteiger charge is 2.39. The molecule has 0 atom stereocenters. The van der Waals surface area contributed by atoms with Gasteiger partial charge in [0, 0.05) is 11.1 Å². The summed E-state index contributed by atoms with van der Waals surface area (Å²) in [4.78, 5) is 17.5. The Hall–Kier alpha value is -2.36.